The van der Waals surface area contributed by atoms with Crippen molar-refractivity contribution >= 4 is 17.9 Å². The number of ether oxygens (including phenoxy) is 1. The first-order chi connectivity index (χ1) is 14.6. The zero-order valence-corrected chi connectivity index (χ0v) is 16.4. The van der Waals surface area contributed by atoms with Gasteiger partial charge in [0.05, 0.1) is 19.4 Å². The Morgan fingerprint density at radius 2 is 2.10 bits per heavy atom. The number of nitrogen functional groups attached to an aromatic ring is 1. The summed E-state index contributed by atoms with van der Waals surface area (Å²) in [7, 11) is 0. The highest BCUT2D eigenvalue weighted by atomic mass is 16.6. The molecule has 0 saturated carbocycles. The van der Waals surface area contributed by atoms with Gasteiger partial charge in [0.25, 0.3) is 5.91 Å². The van der Waals surface area contributed by atoms with Gasteiger partial charge in [-0.2, -0.15) is 9.78 Å². The minimum atomic E-state index is -0.504. The molecule has 0 aliphatic carbocycles. The van der Waals surface area contributed by atoms with Gasteiger partial charge in [-0.25, -0.2) is 10.1 Å². The SMILES string of the molecule is Cc1ccccc1/C=N/NC(=O)c1c(CN2CCOCC2)nnn1-c1nonc1N. The van der Waals surface area contributed by atoms with Gasteiger partial charge in [-0.3, -0.25) is 9.69 Å². The summed E-state index contributed by atoms with van der Waals surface area (Å²) < 4.78 is 11.2. The van der Waals surface area contributed by atoms with Gasteiger partial charge in [-0.05, 0) is 28.4 Å². The lowest BCUT2D eigenvalue weighted by Gasteiger charge is -2.25. The van der Waals surface area contributed by atoms with Crippen molar-refractivity contribution in [3.05, 3.63) is 46.8 Å². The molecule has 156 valence electrons. The number of carbonyl (C=O) groups excluding carboxylic acids is 1. The van der Waals surface area contributed by atoms with Crippen LogP contribution in [0.4, 0.5) is 5.82 Å². The van der Waals surface area contributed by atoms with E-state index in [9.17, 15) is 4.79 Å². The Hall–Kier alpha value is -3.64. The second-order valence-electron chi connectivity index (χ2n) is 6.71. The molecule has 12 heteroatoms. The van der Waals surface area contributed by atoms with Gasteiger partial charge in [-0.1, -0.05) is 29.5 Å². The predicted molar refractivity (Wildman–Crippen MR) is 106 cm³/mol. The Morgan fingerprint density at radius 3 is 2.83 bits per heavy atom. The number of hydrogen-bond acceptors (Lipinski definition) is 10. The molecule has 1 aliphatic heterocycles. The van der Waals surface area contributed by atoms with Gasteiger partial charge in [0.1, 0.15) is 5.69 Å². The number of morpholine rings is 1. The molecule has 30 heavy (non-hydrogen) atoms. The molecule has 0 atom stereocenters. The van der Waals surface area contributed by atoms with E-state index >= 15 is 0 Å². The van der Waals surface area contributed by atoms with Crippen LogP contribution in [0, 0.1) is 6.92 Å². The summed E-state index contributed by atoms with van der Waals surface area (Å²) in [6.45, 7) is 5.08. The Labute approximate surface area is 171 Å². The summed E-state index contributed by atoms with van der Waals surface area (Å²) in [5.41, 5.74) is 10.9. The fraction of sp³-hybridized carbons (Fsp3) is 0.333. The van der Waals surface area contributed by atoms with Crippen LogP contribution < -0.4 is 11.2 Å². The van der Waals surface area contributed by atoms with Crippen molar-refractivity contribution in [1.29, 1.82) is 0 Å². The van der Waals surface area contributed by atoms with Crippen molar-refractivity contribution < 1.29 is 14.2 Å². The molecule has 1 saturated heterocycles. The van der Waals surface area contributed by atoms with E-state index in [0.717, 1.165) is 24.2 Å². The largest absolute Gasteiger partial charge is 0.379 e. The normalized spacial score (nSPS) is 15.0. The number of anilines is 1. The maximum Gasteiger partial charge on any atom is 0.292 e. The third-order valence-corrected chi connectivity index (χ3v) is 4.69. The van der Waals surface area contributed by atoms with Gasteiger partial charge in [0, 0.05) is 19.6 Å². The van der Waals surface area contributed by atoms with Crippen molar-refractivity contribution in [1.82, 2.24) is 35.6 Å². The number of hydrogen-bond donors (Lipinski definition) is 2. The predicted octanol–water partition coefficient (Wildman–Crippen LogP) is 0.137. The van der Waals surface area contributed by atoms with Gasteiger partial charge in [-0.15, -0.1) is 5.10 Å². The number of amides is 1. The van der Waals surface area contributed by atoms with Crippen molar-refractivity contribution in [3.63, 3.8) is 0 Å². The van der Waals surface area contributed by atoms with E-state index in [1.807, 2.05) is 31.2 Å². The second kappa shape index (κ2) is 8.80. The lowest BCUT2D eigenvalue weighted by molar-refractivity contribution is 0.0335. The fourth-order valence-electron chi connectivity index (χ4n) is 3.05. The molecule has 3 heterocycles. The third kappa shape index (κ3) is 4.18. The molecule has 0 radical (unpaired) electrons. The number of nitrogens with one attached hydrogen (secondary N) is 1. The zero-order chi connectivity index (χ0) is 20.9. The van der Waals surface area contributed by atoms with Crippen LogP contribution >= 0.6 is 0 Å². The topological polar surface area (TPSA) is 150 Å². The van der Waals surface area contributed by atoms with Crippen LogP contribution in [0.3, 0.4) is 0 Å². The average Bonchev–Trinajstić information content (AvgIpc) is 3.36. The van der Waals surface area contributed by atoms with Crippen LogP contribution in [0.2, 0.25) is 0 Å². The lowest BCUT2D eigenvalue weighted by Crippen LogP contribution is -2.36. The van der Waals surface area contributed by atoms with Crippen molar-refractivity contribution in [2.45, 2.75) is 13.5 Å². The molecule has 4 rings (SSSR count). The first-order valence-corrected chi connectivity index (χ1v) is 9.35. The summed E-state index contributed by atoms with van der Waals surface area (Å²) in [5.74, 6) is -0.422. The zero-order valence-electron chi connectivity index (χ0n) is 16.4. The van der Waals surface area contributed by atoms with Crippen LogP contribution in [-0.4, -0.2) is 68.6 Å². The average molecular weight is 411 g/mol. The van der Waals surface area contributed by atoms with Gasteiger partial charge >= 0.3 is 0 Å². The van der Waals surface area contributed by atoms with Gasteiger partial charge < -0.3 is 10.5 Å². The summed E-state index contributed by atoms with van der Waals surface area (Å²) in [4.78, 5) is 15.1. The quantitative estimate of drug-likeness (QED) is 0.426. The lowest BCUT2D eigenvalue weighted by atomic mass is 10.1. The highest BCUT2D eigenvalue weighted by molar-refractivity contribution is 5.95. The van der Waals surface area contributed by atoms with Crippen LogP contribution in [0.25, 0.3) is 5.82 Å². The molecule has 1 fully saturated rings. The number of aromatic nitrogens is 5. The molecule has 3 aromatic rings. The summed E-state index contributed by atoms with van der Waals surface area (Å²) in [5, 5.41) is 19.5. The number of benzene rings is 1. The van der Waals surface area contributed by atoms with E-state index < -0.39 is 5.91 Å². The maximum absolute atomic E-state index is 13.0. The minimum absolute atomic E-state index is 0.00437. The number of nitrogens with zero attached hydrogens (tertiary/aromatic N) is 7. The monoisotopic (exact) mass is 411 g/mol. The minimum Gasteiger partial charge on any atom is -0.379 e. The van der Waals surface area contributed by atoms with E-state index in [1.165, 1.54) is 4.68 Å². The second-order valence-corrected chi connectivity index (χ2v) is 6.71. The standard InChI is InChI=1S/C18H21N9O3/c1-12-4-2-3-5-13(12)10-20-22-18(28)15-14(11-26-6-8-29-9-7-26)21-25-27(15)17-16(19)23-30-24-17/h2-5,10H,6-9,11H2,1H3,(H2,19,23)(H,22,28)/b20-10+. The highest BCUT2D eigenvalue weighted by Crippen LogP contribution is 2.17. The van der Waals surface area contributed by atoms with Crippen molar-refractivity contribution in [2.75, 3.05) is 32.0 Å². The van der Waals surface area contributed by atoms with Gasteiger partial charge in [0.15, 0.2) is 5.69 Å². The summed E-state index contributed by atoms with van der Waals surface area (Å²) in [6.07, 6.45) is 1.58. The van der Waals surface area contributed by atoms with Crippen molar-refractivity contribution in [3.8, 4) is 5.82 Å². The molecule has 1 aromatic carbocycles. The smallest absolute Gasteiger partial charge is 0.292 e. The summed E-state index contributed by atoms with van der Waals surface area (Å²) in [6, 6.07) is 7.70. The van der Waals surface area contributed by atoms with Crippen LogP contribution in [-0.2, 0) is 11.3 Å². The number of carbonyl (C=O) groups is 1. The summed E-state index contributed by atoms with van der Waals surface area (Å²) >= 11 is 0. The molecule has 0 spiro atoms. The Bertz CT molecular complexity index is 1050. The van der Waals surface area contributed by atoms with E-state index in [2.05, 4.69) is 40.7 Å². The number of aryl methyl sites for hydroxylation is 1. The molecule has 0 bridgehead atoms. The first-order valence-electron chi connectivity index (χ1n) is 9.35. The third-order valence-electron chi connectivity index (χ3n) is 4.69. The van der Waals surface area contributed by atoms with Gasteiger partial charge in [0.2, 0.25) is 11.6 Å². The Kier molecular flexibility index (Phi) is 5.77. The molecular formula is C18H21N9O3. The van der Waals surface area contributed by atoms with Crippen molar-refractivity contribution in [2.24, 2.45) is 5.10 Å². The molecular weight excluding hydrogens is 390 g/mol. The molecule has 2 aromatic heterocycles. The molecule has 1 amide bonds. The Balaban J connectivity index is 1.60. The Morgan fingerprint density at radius 1 is 1.30 bits per heavy atom. The molecule has 0 unspecified atom stereocenters. The molecule has 3 N–H and O–H groups in total. The maximum atomic E-state index is 13.0. The van der Waals surface area contributed by atoms with E-state index in [4.69, 9.17) is 10.5 Å². The fourth-order valence-corrected chi connectivity index (χ4v) is 3.05. The van der Waals surface area contributed by atoms with Crippen LogP contribution in [0.15, 0.2) is 34.0 Å². The number of rotatable bonds is 6. The first kappa shape index (κ1) is 19.7. The van der Waals surface area contributed by atoms with E-state index in [0.29, 0.717) is 25.5 Å². The highest BCUT2D eigenvalue weighted by Gasteiger charge is 2.26. The van der Waals surface area contributed by atoms with E-state index in [-0.39, 0.29) is 17.3 Å². The van der Waals surface area contributed by atoms with Crippen LogP contribution in [0.5, 0.6) is 0 Å². The van der Waals surface area contributed by atoms with E-state index in [1.54, 1.807) is 6.21 Å². The number of nitrogens with two attached hydrogens (primary N) is 1. The number of hydrazone groups is 1. The van der Waals surface area contributed by atoms with Crippen LogP contribution in [0.1, 0.15) is 27.3 Å². The molecule has 1 aliphatic rings. The molecule has 12 nitrogen and oxygen atoms in total.